The number of hydrogen-bond acceptors (Lipinski definition) is 0. The molecule has 0 saturated heterocycles. The Morgan fingerprint density at radius 2 is 0.459 bits per heavy atom. The Hall–Kier alpha value is -0.850. The van der Waals surface area contributed by atoms with Crippen molar-refractivity contribution in [3.63, 3.8) is 0 Å². The molecule has 0 amide bonds. The number of rotatable bonds is 52. The topological polar surface area (TPSA) is 3.88 Å². The second kappa shape index (κ2) is 50.2. The predicted molar refractivity (Wildman–Crippen MR) is 277 cm³/mol. The van der Waals surface area contributed by atoms with Crippen molar-refractivity contribution in [2.45, 2.75) is 355 Å². The van der Waals surface area contributed by atoms with Gasteiger partial charge in [-0.3, -0.25) is 0 Å². The Balaban J connectivity index is 2.26. The molecule has 1 aromatic heterocycles. The minimum atomic E-state index is 1.21. The van der Waals surface area contributed by atoms with Crippen molar-refractivity contribution < 1.29 is 4.57 Å². The molecule has 1 nitrogen and oxygen atoms in total. The van der Waals surface area contributed by atoms with Gasteiger partial charge in [0, 0.05) is 18.1 Å². The molecule has 1 aromatic rings. The van der Waals surface area contributed by atoms with Crippen LogP contribution in [0.15, 0.2) is 18.5 Å². The largest absolute Gasteiger partial charge is 0.205 e. The normalized spacial score (nSPS) is 11.7. The maximum atomic E-state index is 2.58. The van der Waals surface area contributed by atoms with Crippen LogP contribution in [0.4, 0.5) is 0 Å². The SMILES string of the molecule is CCCCCCCCCCCCCCCCCCC[n+]1ccc(CCCCCCCCCCCCCCCCCC)c(CCCCCCCCCCCCCCCCCC)c1. The average molecular weight is 852 g/mol. The van der Waals surface area contributed by atoms with E-state index in [1.807, 2.05) is 0 Å². The van der Waals surface area contributed by atoms with Crippen molar-refractivity contribution in [2.24, 2.45) is 0 Å². The van der Waals surface area contributed by atoms with E-state index < -0.39 is 0 Å². The molecular weight excluding hydrogens is 735 g/mol. The molecule has 0 aliphatic carbocycles. The molecule has 61 heavy (non-hydrogen) atoms. The molecule has 0 aliphatic heterocycles. The molecular formula is C60H116N+. The molecule has 0 aromatic carbocycles. The first-order chi connectivity index (χ1) is 30.3. The summed E-state index contributed by atoms with van der Waals surface area (Å²) < 4.78 is 2.56. The van der Waals surface area contributed by atoms with Crippen molar-refractivity contribution >= 4 is 0 Å². The van der Waals surface area contributed by atoms with Gasteiger partial charge in [0.2, 0.25) is 0 Å². The summed E-state index contributed by atoms with van der Waals surface area (Å²) in [6.07, 6.45) is 78.7. The van der Waals surface area contributed by atoms with E-state index in [1.54, 1.807) is 11.1 Å². The first kappa shape index (κ1) is 58.2. The first-order valence-electron chi connectivity index (χ1n) is 29.3. The molecule has 1 rings (SSSR count). The van der Waals surface area contributed by atoms with Crippen molar-refractivity contribution in [3.05, 3.63) is 29.6 Å². The zero-order valence-corrected chi connectivity index (χ0v) is 42.9. The second-order valence-corrected chi connectivity index (χ2v) is 20.5. The summed E-state index contributed by atoms with van der Waals surface area (Å²) in [6.45, 7) is 8.17. The zero-order chi connectivity index (χ0) is 43.6. The molecule has 0 radical (unpaired) electrons. The maximum absolute atomic E-state index is 2.58. The summed E-state index contributed by atoms with van der Waals surface area (Å²) in [5, 5.41) is 0. The van der Waals surface area contributed by atoms with Gasteiger partial charge < -0.3 is 0 Å². The zero-order valence-electron chi connectivity index (χ0n) is 42.9. The molecule has 0 saturated carbocycles. The van der Waals surface area contributed by atoms with Crippen LogP contribution in [-0.4, -0.2) is 0 Å². The minimum absolute atomic E-state index is 1.21. The smallest absolute Gasteiger partial charge is 0.172 e. The molecule has 0 aliphatic rings. The first-order valence-corrected chi connectivity index (χ1v) is 29.3. The van der Waals surface area contributed by atoms with Gasteiger partial charge in [0.15, 0.2) is 12.4 Å². The van der Waals surface area contributed by atoms with Crippen LogP contribution in [0.3, 0.4) is 0 Å². The number of aromatic nitrogens is 1. The fourth-order valence-corrected chi connectivity index (χ4v) is 9.97. The Bertz CT molecular complexity index is 951. The fourth-order valence-electron chi connectivity index (χ4n) is 9.97. The monoisotopic (exact) mass is 851 g/mol. The summed E-state index contributed by atoms with van der Waals surface area (Å²) in [6, 6.07) is 2.53. The maximum Gasteiger partial charge on any atom is 0.172 e. The van der Waals surface area contributed by atoms with E-state index in [0.29, 0.717) is 0 Å². The number of pyridine rings is 1. The number of aryl methyl sites for hydroxylation is 3. The van der Waals surface area contributed by atoms with Crippen LogP contribution in [0.1, 0.15) is 347 Å². The van der Waals surface area contributed by atoms with Gasteiger partial charge in [-0.2, -0.15) is 0 Å². The van der Waals surface area contributed by atoms with Crippen LogP contribution in [0, 0.1) is 0 Å². The highest BCUT2D eigenvalue weighted by Gasteiger charge is 2.10. The summed E-state index contributed by atoms with van der Waals surface area (Å²) in [7, 11) is 0. The van der Waals surface area contributed by atoms with Crippen LogP contribution < -0.4 is 4.57 Å². The molecule has 0 unspecified atom stereocenters. The third kappa shape index (κ3) is 42.8. The van der Waals surface area contributed by atoms with Gasteiger partial charge in [-0.05, 0) is 37.7 Å². The molecule has 0 spiro atoms. The van der Waals surface area contributed by atoms with E-state index in [4.69, 9.17) is 0 Å². The van der Waals surface area contributed by atoms with Crippen LogP contribution in [0.2, 0.25) is 0 Å². The van der Waals surface area contributed by atoms with Gasteiger partial charge in [-0.25, -0.2) is 4.57 Å². The molecule has 1 heterocycles. The lowest BCUT2D eigenvalue weighted by atomic mass is 9.97. The third-order valence-corrected chi connectivity index (χ3v) is 14.3. The number of unbranched alkanes of at least 4 members (excludes halogenated alkanes) is 46. The van der Waals surface area contributed by atoms with E-state index in [2.05, 4.69) is 43.8 Å². The molecule has 1 heteroatoms. The van der Waals surface area contributed by atoms with E-state index >= 15 is 0 Å². The van der Waals surface area contributed by atoms with Crippen LogP contribution in [0.25, 0.3) is 0 Å². The van der Waals surface area contributed by atoms with Gasteiger partial charge in [0.25, 0.3) is 0 Å². The lowest BCUT2D eigenvalue weighted by Crippen LogP contribution is -2.34. The molecule has 0 atom stereocenters. The Morgan fingerprint density at radius 1 is 0.246 bits per heavy atom. The van der Waals surface area contributed by atoms with Crippen LogP contribution in [-0.2, 0) is 19.4 Å². The molecule has 0 fully saturated rings. The Kier molecular flexibility index (Phi) is 47.8. The summed E-state index contributed by atoms with van der Waals surface area (Å²) in [4.78, 5) is 0. The molecule has 360 valence electrons. The minimum Gasteiger partial charge on any atom is -0.205 e. The van der Waals surface area contributed by atoms with Crippen molar-refractivity contribution in [3.8, 4) is 0 Å². The van der Waals surface area contributed by atoms with Gasteiger partial charge in [-0.1, -0.05) is 310 Å². The van der Waals surface area contributed by atoms with E-state index in [1.165, 1.54) is 334 Å². The highest BCUT2D eigenvalue weighted by molar-refractivity contribution is 5.21. The third-order valence-electron chi connectivity index (χ3n) is 14.3. The average Bonchev–Trinajstić information content (AvgIpc) is 3.27. The van der Waals surface area contributed by atoms with E-state index in [9.17, 15) is 0 Å². The Labute approximate surface area is 387 Å². The lowest BCUT2D eigenvalue weighted by Gasteiger charge is -2.10. The van der Waals surface area contributed by atoms with Crippen molar-refractivity contribution in [1.29, 1.82) is 0 Å². The van der Waals surface area contributed by atoms with Gasteiger partial charge in [0.1, 0.15) is 6.54 Å². The van der Waals surface area contributed by atoms with Gasteiger partial charge >= 0.3 is 0 Å². The molecule has 0 N–H and O–H groups in total. The summed E-state index contributed by atoms with van der Waals surface area (Å²) in [5.74, 6) is 0. The Morgan fingerprint density at radius 3 is 0.721 bits per heavy atom. The highest BCUT2D eigenvalue weighted by atomic mass is 14.9. The van der Waals surface area contributed by atoms with Gasteiger partial charge in [-0.15, -0.1) is 0 Å². The van der Waals surface area contributed by atoms with E-state index in [-0.39, 0.29) is 0 Å². The fraction of sp³-hybridized carbons (Fsp3) is 0.917. The number of hydrogen-bond donors (Lipinski definition) is 0. The second-order valence-electron chi connectivity index (χ2n) is 20.5. The van der Waals surface area contributed by atoms with Crippen molar-refractivity contribution in [2.75, 3.05) is 0 Å². The predicted octanol–water partition coefficient (Wildman–Crippen LogP) is 21.2. The number of nitrogens with zero attached hydrogens (tertiary/aromatic N) is 1. The summed E-state index contributed by atoms with van der Waals surface area (Å²) in [5.41, 5.74) is 3.35. The standard InChI is InChI=1S/C60H116N/c1-4-7-10-13-16-19-22-25-28-31-34-37-40-43-46-49-52-56-61-57-55-59(53-50-47-44-41-38-35-32-29-26-23-20-17-14-11-8-5-2)60(58-61)54-51-48-45-42-39-36-33-30-27-24-21-18-15-12-9-6-3/h55,57-58H,4-54,56H2,1-3H3/q+1. The quantitative estimate of drug-likeness (QED) is 0.0454. The van der Waals surface area contributed by atoms with Crippen molar-refractivity contribution in [1.82, 2.24) is 0 Å². The van der Waals surface area contributed by atoms with Gasteiger partial charge in [0.05, 0.1) is 0 Å². The highest BCUT2D eigenvalue weighted by Crippen LogP contribution is 2.20. The lowest BCUT2D eigenvalue weighted by molar-refractivity contribution is -0.697. The van der Waals surface area contributed by atoms with Crippen LogP contribution >= 0.6 is 0 Å². The van der Waals surface area contributed by atoms with E-state index in [0.717, 1.165) is 0 Å². The van der Waals surface area contributed by atoms with Crippen LogP contribution in [0.5, 0.6) is 0 Å². The molecule has 0 bridgehead atoms. The summed E-state index contributed by atoms with van der Waals surface area (Å²) >= 11 is 0.